The van der Waals surface area contributed by atoms with Crippen LogP contribution in [0.15, 0.2) is 24.3 Å². The maximum atomic E-state index is 11.5. The summed E-state index contributed by atoms with van der Waals surface area (Å²) in [5.74, 6) is 0.383. The normalized spacial score (nSPS) is 13.4. The monoisotopic (exact) mass is 255 g/mol. The van der Waals surface area contributed by atoms with E-state index >= 15 is 0 Å². The Kier molecular flexibility index (Phi) is 5.00. The number of rotatable bonds is 6. The van der Waals surface area contributed by atoms with Gasteiger partial charge in [-0.05, 0) is 31.0 Å². The van der Waals surface area contributed by atoms with Gasteiger partial charge in [-0.1, -0.05) is 26.0 Å². The van der Waals surface area contributed by atoms with Crippen molar-refractivity contribution in [2.24, 2.45) is 0 Å². The van der Waals surface area contributed by atoms with Gasteiger partial charge < -0.3 is 5.32 Å². The van der Waals surface area contributed by atoms with Gasteiger partial charge in [0.25, 0.3) is 0 Å². The molecule has 0 radical (unpaired) electrons. The molecule has 0 amide bonds. The van der Waals surface area contributed by atoms with Gasteiger partial charge in [-0.3, -0.25) is 0 Å². The lowest BCUT2D eigenvalue weighted by Crippen LogP contribution is -2.26. The third kappa shape index (κ3) is 4.77. The standard InChI is InChI=1S/C13H21NO2S/c1-4-12-7-6-8-13(9-12)14-11(3)10-17(15,16)5-2/h6-9,11,14H,4-5,10H2,1-3H3. The highest BCUT2D eigenvalue weighted by molar-refractivity contribution is 7.91. The first-order valence-corrected chi connectivity index (χ1v) is 7.85. The quantitative estimate of drug-likeness (QED) is 0.849. The maximum Gasteiger partial charge on any atom is 0.152 e. The van der Waals surface area contributed by atoms with Crippen molar-refractivity contribution in [2.75, 3.05) is 16.8 Å². The van der Waals surface area contributed by atoms with Crippen LogP contribution in [0.3, 0.4) is 0 Å². The first-order chi connectivity index (χ1) is 7.96. The molecule has 17 heavy (non-hydrogen) atoms. The Labute approximate surface area is 104 Å². The lowest BCUT2D eigenvalue weighted by atomic mass is 10.1. The molecule has 0 aliphatic rings. The molecule has 4 heteroatoms. The second kappa shape index (κ2) is 6.05. The van der Waals surface area contributed by atoms with Crippen molar-refractivity contribution < 1.29 is 8.42 Å². The van der Waals surface area contributed by atoms with Crippen LogP contribution in [-0.2, 0) is 16.3 Å². The van der Waals surface area contributed by atoms with Gasteiger partial charge in [0.05, 0.1) is 5.75 Å². The summed E-state index contributed by atoms with van der Waals surface area (Å²) in [4.78, 5) is 0. The van der Waals surface area contributed by atoms with Crippen molar-refractivity contribution in [3.05, 3.63) is 29.8 Å². The summed E-state index contributed by atoms with van der Waals surface area (Å²) in [6.07, 6.45) is 0.983. The second-order valence-electron chi connectivity index (χ2n) is 4.30. The van der Waals surface area contributed by atoms with Crippen molar-refractivity contribution in [3.8, 4) is 0 Å². The van der Waals surface area contributed by atoms with Gasteiger partial charge in [0.2, 0.25) is 0 Å². The molecule has 0 saturated carbocycles. The Balaban J connectivity index is 2.64. The molecular weight excluding hydrogens is 234 g/mol. The van der Waals surface area contributed by atoms with E-state index in [1.807, 2.05) is 19.1 Å². The summed E-state index contributed by atoms with van der Waals surface area (Å²) in [5.41, 5.74) is 2.24. The lowest BCUT2D eigenvalue weighted by molar-refractivity contribution is 0.593. The predicted octanol–water partition coefficient (Wildman–Crippen LogP) is 2.48. The largest absolute Gasteiger partial charge is 0.382 e. The molecule has 0 saturated heterocycles. The molecule has 0 fully saturated rings. The van der Waals surface area contributed by atoms with Gasteiger partial charge in [-0.25, -0.2) is 8.42 Å². The summed E-state index contributed by atoms with van der Waals surface area (Å²) in [5, 5.41) is 3.23. The highest BCUT2D eigenvalue weighted by Gasteiger charge is 2.13. The van der Waals surface area contributed by atoms with E-state index in [0.717, 1.165) is 12.1 Å². The minimum absolute atomic E-state index is 0.0629. The first kappa shape index (κ1) is 14.0. The average molecular weight is 255 g/mol. The molecule has 0 aromatic heterocycles. The SMILES string of the molecule is CCc1cccc(NC(C)CS(=O)(=O)CC)c1. The van der Waals surface area contributed by atoms with Gasteiger partial charge in [-0.2, -0.15) is 0 Å². The molecule has 0 aliphatic heterocycles. The van der Waals surface area contributed by atoms with Gasteiger partial charge in [0.1, 0.15) is 0 Å². The zero-order valence-corrected chi connectivity index (χ0v) is 11.5. The van der Waals surface area contributed by atoms with Crippen LogP contribution in [0.25, 0.3) is 0 Å². The molecule has 1 N–H and O–H groups in total. The molecule has 1 unspecified atom stereocenters. The fraction of sp³-hybridized carbons (Fsp3) is 0.538. The van der Waals surface area contributed by atoms with Crippen LogP contribution in [0.5, 0.6) is 0 Å². The molecule has 0 spiro atoms. The zero-order chi connectivity index (χ0) is 12.9. The number of benzene rings is 1. The van der Waals surface area contributed by atoms with Crippen molar-refractivity contribution in [3.63, 3.8) is 0 Å². The summed E-state index contributed by atoms with van der Waals surface area (Å²) in [6, 6.07) is 8.02. The zero-order valence-electron chi connectivity index (χ0n) is 10.7. The number of sulfone groups is 1. The number of nitrogens with one attached hydrogen (secondary N) is 1. The van der Waals surface area contributed by atoms with Gasteiger partial charge >= 0.3 is 0 Å². The lowest BCUT2D eigenvalue weighted by Gasteiger charge is -2.15. The number of hydrogen-bond acceptors (Lipinski definition) is 3. The third-order valence-corrected chi connectivity index (χ3v) is 4.58. The summed E-state index contributed by atoms with van der Waals surface area (Å²) in [6.45, 7) is 5.68. The van der Waals surface area contributed by atoms with Crippen LogP contribution in [-0.4, -0.2) is 26.0 Å². The van der Waals surface area contributed by atoms with Gasteiger partial charge in [-0.15, -0.1) is 0 Å². The number of anilines is 1. The Morgan fingerprint density at radius 2 is 2.00 bits per heavy atom. The Hall–Kier alpha value is -1.03. The number of aryl methyl sites for hydroxylation is 1. The van der Waals surface area contributed by atoms with E-state index in [9.17, 15) is 8.42 Å². The van der Waals surface area contributed by atoms with E-state index in [1.165, 1.54) is 5.56 Å². The highest BCUT2D eigenvalue weighted by Crippen LogP contribution is 2.12. The topological polar surface area (TPSA) is 46.2 Å². The van der Waals surface area contributed by atoms with Crippen LogP contribution in [0.4, 0.5) is 5.69 Å². The Morgan fingerprint density at radius 1 is 1.29 bits per heavy atom. The van der Waals surface area contributed by atoms with E-state index in [1.54, 1.807) is 6.92 Å². The maximum absolute atomic E-state index is 11.5. The smallest absolute Gasteiger partial charge is 0.152 e. The second-order valence-corrected chi connectivity index (χ2v) is 6.70. The minimum atomic E-state index is -2.92. The summed E-state index contributed by atoms with van der Waals surface area (Å²) < 4.78 is 23.0. The molecule has 1 atom stereocenters. The molecule has 1 aromatic carbocycles. The third-order valence-electron chi connectivity index (χ3n) is 2.69. The first-order valence-electron chi connectivity index (χ1n) is 6.02. The van der Waals surface area contributed by atoms with Gasteiger partial charge in [0.15, 0.2) is 9.84 Å². The van der Waals surface area contributed by atoms with E-state index in [4.69, 9.17) is 0 Å². The fourth-order valence-corrected chi connectivity index (χ4v) is 2.79. The Bertz CT molecular complexity index is 454. The predicted molar refractivity (Wildman–Crippen MR) is 73.2 cm³/mol. The molecule has 0 bridgehead atoms. The Morgan fingerprint density at radius 3 is 2.59 bits per heavy atom. The molecule has 96 valence electrons. The molecule has 1 aromatic rings. The minimum Gasteiger partial charge on any atom is -0.382 e. The van der Waals surface area contributed by atoms with Crippen LogP contribution in [0.1, 0.15) is 26.3 Å². The van der Waals surface area contributed by atoms with Crippen molar-refractivity contribution in [1.82, 2.24) is 0 Å². The van der Waals surface area contributed by atoms with Crippen molar-refractivity contribution >= 4 is 15.5 Å². The van der Waals surface area contributed by atoms with Crippen LogP contribution in [0.2, 0.25) is 0 Å². The van der Waals surface area contributed by atoms with Crippen LogP contribution >= 0.6 is 0 Å². The molecule has 0 heterocycles. The molecule has 1 rings (SSSR count). The molecular formula is C13H21NO2S. The number of hydrogen-bond donors (Lipinski definition) is 1. The fourth-order valence-electron chi connectivity index (χ4n) is 1.71. The van der Waals surface area contributed by atoms with Crippen LogP contribution in [0, 0.1) is 0 Å². The molecule has 3 nitrogen and oxygen atoms in total. The van der Waals surface area contributed by atoms with E-state index in [-0.39, 0.29) is 17.5 Å². The van der Waals surface area contributed by atoms with Crippen molar-refractivity contribution in [1.29, 1.82) is 0 Å². The van der Waals surface area contributed by atoms with Gasteiger partial charge in [0, 0.05) is 17.5 Å². The van der Waals surface area contributed by atoms with E-state index in [2.05, 4.69) is 24.4 Å². The summed E-state index contributed by atoms with van der Waals surface area (Å²) in [7, 11) is -2.92. The summed E-state index contributed by atoms with van der Waals surface area (Å²) >= 11 is 0. The molecule has 0 aliphatic carbocycles. The van der Waals surface area contributed by atoms with E-state index in [0.29, 0.717) is 0 Å². The van der Waals surface area contributed by atoms with E-state index < -0.39 is 9.84 Å². The highest BCUT2D eigenvalue weighted by atomic mass is 32.2. The average Bonchev–Trinajstić information content (AvgIpc) is 2.28. The van der Waals surface area contributed by atoms with Crippen LogP contribution < -0.4 is 5.32 Å². The van der Waals surface area contributed by atoms with Crippen molar-refractivity contribution in [2.45, 2.75) is 33.2 Å².